The van der Waals surface area contributed by atoms with Crippen molar-refractivity contribution < 1.29 is 14.3 Å². The maximum atomic E-state index is 11.3. The van der Waals surface area contributed by atoms with E-state index < -0.39 is 0 Å². The molecule has 0 atom stereocenters. The van der Waals surface area contributed by atoms with Gasteiger partial charge in [-0.15, -0.1) is 0 Å². The molecule has 0 fully saturated rings. The highest BCUT2D eigenvalue weighted by Gasteiger charge is 2.07. The van der Waals surface area contributed by atoms with Gasteiger partial charge in [0.2, 0.25) is 0 Å². The molecule has 0 aliphatic heterocycles. The normalized spacial score (nSPS) is 10.1. The molecule has 0 radical (unpaired) electrons. The van der Waals surface area contributed by atoms with Crippen molar-refractivity contribution in [2.75, 3.05) is 37.9 Å². The second kappa shape index (κ2) is 7.55. The van der Waals surface area contributed by atoms with Gasteiger partial charge in [0, 0.05) is 19.8 Å². The molecule has 0 heterocycles. The molecule has 0 unspecified atom stereocenters. The smallest absolute Gasteiger partial charge is 0.337 e. The number of esters is 1. The molecule has 0 saturated carbocycles. The molecule has 18 heavy (non-hydrogen) atoms. The van der Waals surface area contributed by atoms with Crippen molar-refractivity contribution in [1.82, 2.24) is 0 Å². The fraction of sp³-hybridized carbons (Fsp3) is 0.462. The van der Waals surface area contributed by atoms with Gasteiger partial charge in [-0.2, -0.15) is 0 Å². The van der Waals surface area contributed by atoms with Crippen LogP contribution in [0.25, 0.3) is 0 Å². The Kier molecular flexibility index (Phi) is 6.00. The third-order valence-corrected chi connectivity index (χ3v) is 2.46. The zero-order chi connectivity index (χ0) is 13.4. The van der Waals surface area contributed by atoms with Crippen LogP contribution in [0, 0.1) is 0 Å². The van der Waals surface area contributed by atoms with Crippen LogP contribution in [-0.4, -0.2) is 32.8 Å². The summed E-state index contributed by atoms with van der Waals surface area (Å²) in [6.07, 6.45) is 0.909. The summed E-state index contributed by atoms with van der Waals surface area (Å²) in [4.78, 5) is 11.3. The summed E-state index contributed by atoms with van der Waals surface area (Å²) < 4.78 is 9.86. The van der Waals surface area contributed by atoms with Crippen molar-refractivity contribution in [3.63, 3.8) is 0 Å². The van der Waals surface area contributed by atoms with Crippen LogP contribution in [0.4, 0.5) is 11.4 Å². The van der Waals surface area contributed by atoms with Gasteiger partial charge in [0.1, 0.15) is 0 Å². The fourth-order valence-electron chi connectivity index (χ4n) is 1.51. The maximum absolute atomic E-state index is 11.3. The van der Waals surface area contributed by atoms with Gasteiger partial charge in [0.05, 0.1) is 24.0 Å². The van der Waals surface area contributed by atoms with Gasteiger partial charge in [0.25, 0.3) is 0 Å². The van der Waals surface area contributed by atoms with E-state index in [0.717, 1.165) is 31.9 Å². The summed E-state index contributed by atoms with van der Waals surface area (Å²) in [6, 6.07) is 5.08. The highest BCUT2D eigenvalue weighted by molar-refractivity contribution is 5.91. The van der Waals surface area contributed by atoms with Crippen LogP contribution >= 0.6 is 0 Å². The number of hydrogen-bond acceptors (Lipinski definition) is 5. The first-order chi connectivity index (χ1) is 8.69. The third kappa shape index (κ3) is 4.25. The first kappa shape index (κ1) is 14.3. The van der Waals surface area contributed by atoms with E-state index in [9.17, 15) is 4.79 Å². The molecular formula is C13H20N2O3. The van der Waals surface area contributed by atoms with Crippen LogP contribution in [0.15, 0.2) is 18.2 Å². The fourth-order valence-corrected chi connectivity index (χ4v) is 1.51. The predicted octanol–water partition coefficient (Wildman–Crippen LogP) is 1.89. The number of anilines is 2. The molecule has 0 bridgehead atoms. The zero-order valence-corrected chi connectivity index (χ0v) is 10.9. The molecule has 0 aromatic heterocycles. The second-order valence-corrected chi connectivity index (χ2v) is 3.77. The van der Waals surface area contributed by atoms with Gasteiger partial charge in [-0.1, -0.05) is 0 Å². The maximum Gasteiger partial charge on any atom is 0.337 e. The molecular weight excluding hydrogens is 232 g/mol. The molecule has 100 valence electrons. The molecule has 5 heteroatoms. The monoisotopic (exact) mass is 252 g/mol. The molecule has 0 aliphatic rings. The van der Waals surface area contributed by atoms with Crippen molar-refractivity contribution >= 4 is 17.3 Å². The Balaban J connectivity index is 2.49. The largest absolute Gasteiger partial charge is 0.465 e. The predicted molar refractivity (Wildman–Crippen MR) is 71.8 cm³/mol. The average Bonchev–Trinajstić information content (AvgIpc) is 2.39. The first-order valence-electron chi connectivity index (χ1n) is 5.98. The molecule has 5 nitrogen and oxygen atoms in total. The summed E-state index contributed by atoms with van der Waals surface area (Å²) in [7, 11) is 1.35. The minimum absolute atomic E-state index is 0.385. The third-order valence-electron chi connectivity index (χ3n) is 2.46. The van der Waals surface area contributed by atoms with E-state index in [1.54, 1.807) is 18.2 Å². The molecule has 0 aliphatic carbocycles. The van der Waals surface area contributed by atoms with Gasteiger partial charge in [-0.25, -0.2) is 4.79 Å². The number of rotatable bonds is 7. The highest BCUT2D eigenvalue weighted by atomic mass is 16.5. The number of methoxy groups -OCH3 is 1. The van der Waals surface area contributed by atoms with Gasteiger partial charge >= 0.3 is 5.97 Å². The average molecular weight is 252 g/mol. The summed E-state index contributed by atoms with van der Waals surface area (Å²) in [5.74, 6) is -0.385. The van der Waals surface area contributed by atoms with Gasteiger partial charge < -0.3 is 20.5 Å². The van der Waals surface area contributed by atoms with E-state index >= 15 is 0 Å². The Morgan fingerprint density at radius 3 is 2.83 bits per heavy atom. The van der Waals surface area contributed by atoms with E-state index in [1.165, 1.54) is 7.11 Å². The molecule has 0 spiro atoms. The summed E-state index contributed by atoms with van der Waals surface area (Å²) in [6.45, 7) is 4.21. The molecule has 1 rings (SSSR count). The topological polar surface area (TPSA) is 73.6 Å². The standard InChI is InChI=1S/C13H20N2O3/c1-3-18-8-4-7-15-12-6-5-10(9-11(12)14)13(16)17-2/h5-6,9,15H,3-4,7-8,14H2,1-2H3. The lowest BCUT2D eigenvalue weighted by molar-refractivity contribution is 0.0601. The first-order valence-corrected chi connectivity index (χ1v) is 5.98. The second-order valence-electron chi connectivity index (χ2n) is 3.77. The Morgan fingerprint density at radius 1 is 1.44 bits per heavy atom. The number of nitrogens with two attached hydrogens (primary N) is 1. The summed E-state index contributed by atoms with van der Waals surface area (Å²) >= 11 is 0. The number of hydrogen-bond donors (Lipinski definition) is 2. The van der Waals surface area contributed by atoms with E-state index in [0.29, 0.717) is 11.3 Å². The van der Waals surface area contributed by atoms with E-state index in [-0.39, 0.29) is 5.97 Å². The van der Waals surface area contributed by atoms with Gasteiger partial charge in [0.15, 0.2) is 0 Å². The zero-order valence-electron chi connectivity index (χ0n) is 10.9. The Morgan fingerprint density at radius 2 is 2.22 bits per heavy atom. The highest BCUT2D eigenvalue weighted by Crippen LogP contribution is 2.20. The number of ether oxygens (including phenoxy) is 2. The lowest BCUT2D eigenvalue weighted by Gasteiger charge is -2.10. The van der Waals surface area contributed by atoms with Crippen LogP contribution in [0.5, 0.6) is 0 Å². The van der Waals surface area contributed by atoms with Crippen LogP contribution < -0.4 is 11.1 Å². The van der Waals surface area contributed by atoms with Crippen molar-refractivity contribution in [2.24, 2.45) is 0 Å². The summed E-state index contributed by atoms with van der Waals surface area (Å²) in [5, 5.41) is 3.20. The molecule has 1 aromatic rings. The van der Waals surface area contributed by atoms with Crippen LogP contribution in [0.2, 0.25) is 0 Å². The van der Waals surface area contributed by atoms with Crippen molar-refractivity contribution in [3.05, 3.63) is 23.8 Å². The van der Waals surface area contributed by atoms with Crippen molar-refractivity contribution in [3.8, 4) is 0 Å². The quantitative estimate of drug-likeness (QED) is 0.440. The minimum Gasteiger partial charge on any atom is -0.465 e. The van der Waals surface area contributed by atoms with Crippen LogP contribution in [-0.2, 0) is 9.47 Å². The Labute approximate surface area is 107 Å². The van der Waals surface area contributed by atoms with E-state index in [1.807, 2.05) is 6.92 Å². The lowest BCUT2D eigenvalue weighted by atomic mass is 10.1. The Hall–Kier alpha value is -1.75. The number of carbonyl (C=O) groups excluding carboxylic acids is 1. The van der Waals surface area contributed by atoms with Crippen LogP contribution in [0.1, 0.15) is 23.7 Å². The van der Waals surface area contributed by atoms with Crippen molar-refractivity contribution in [1.29, 1.82) is 0 Å². The number of carbonyl (C=O) groups is 1. The number of nitrogen functional groups attached to an aromatic ring is 1. The van der Waals surface area contributed by atoms with Gasteiger partial charge in [-0.05, 0) is 31.5 Å². The molecule has 3 N–H and O–H groups in total. The van der Waals surface area contributed by atoms with E-state index in [2.05, 4.69) is 10.1 Å². The number of nitrogens with one attached hydrogen (secondary N) is 1. The van der Waals surface area contributed by atoms with Gasteiger partial charge in [-0.3, -0.25) is 0 Å². The summed E-state index contributed by atoms with van der Waals surface area (Å²) in [5.41, 5.74) is 7.66. The molecule has 0 amide bonds. The molecule has 0 saturated heterocycles. The Bertz CT molecular complexity index is 394. The lowest BCUT2D eigenvalue weighted by Crippen LogP contribution is -2.08. The molecule has 1 aromatic carbocycles. The van der Waals surface area contributed by atoms with Crippen molar-refractivity contribution in [2.45, 2.75) is 13.3 Å². The number of benzene rings is 1. The van der Waals surface area contributed by atoms with Crippen LogP contribution in [0.3, 0.4) is 0 Å². The van der Waals surface area contributed by atoms with E-state index in [4.69, 9.17) is 10.5 Å². The SMILES string of the molecule is CCOCCCNc1ccc(C(=O)OC)cc1N. The minimum atomic E-state index is -0.385.